The zero-order valence-electron chi connectivity index (χ0n) is 11.1. The average molecular weight is 258 g/mol. The minimum atomic E-state index is 0.580. The molecule has 2 atom stereocenters. The maximum atomic E-state index is 5.30. The van der Waals surface area contributed by atoms with Crippen molar-refractivity contribution in [3.63, 3.8) is 0 Å². The highest BCUT2D eigenvalue weighted by molar-refractivity contribution is 7.80. The predicted octanol–water partition coefficient (Wildman–Crippen LogP) is 2.46. The minimum Gasteiger partial charge on any atom is -0.385 e. The highest BCUT2D eigenvalue weighted by Crippen LogP contribution is 2.26. The van der Waals surface area contributed by atoms with E-state index >= 15 is 0 Å². The minimum absolute atomic E-state index is 0.580. The van der Waals surface area contributed by atoms with Crippen molar-refractivity contribution in [1.29, 1.82) is 0 Å². The molecule has 2 unspecified atom stereocenters. The van der Waals surface area contributed by atoms with Crippen LogP contribution in [0.2, 0.25) is 0 Å². The normalized spacial score (nSPS) is 24.4. The Bertz CT molecular complexity index is 223. The molecule has 0 bridgehead atoms. The second-order valence-electron chi connectivity index (χ2n) is 4.88. The van der Waals surface area contributed by atoms with Crippen LogP contribution in [0.4, 0.5) is 0 Å². The predicted molar refractivity (Wildman–Crippen MR) is 76.3 cm³/mol. The zero-order valence-corrected chi connectivity index (χ0v) is 11.9. The van der Waals surface area contributed by atoms with E-state index in [1.807, 2.05) is 0 Å². The molecule has 17 heavy (non-hydrogen) atoms. The number of nitrogens with one attached hydrogen (secondary N) is 2. The molecule has 100 valence electrons. The van der Waals surface area contributed by atoms with Crippen molar-refractivity contribution in [2.45, 2.75) is 51.5 Å². The van der Waals surface area contributed by atoms with Gasteiger partial charge in [-0.1, -0.05) is 26.2 Å². The van der Waals surface area contributed by atoms with E-state index in [0.717, 1.165) is 30.6 Å². The van der Waals surface area contributed by atoms with Gasteiger partial charge in [-0.25, -0.2) is 0 Å². The van der Waals surface area contributed by atoms with Crippen LogP contribution in [0.5, 0.6) is 0 Å². The van der Waals surface area contributed by atoms with Gasteiger partial charge in [0.05, 0.1) is 0 Å². The summed E-state index contributed by atoms with van der Waals surface area (Å²) in [5, 5.41) is 7.49. The van der Waals surface area contributed by atoms with Gasteiger partial charge >= 0.3 is 0 Å². The van der Waals surface area contributed by atoms with Gasteiger partial charge in [0.2, 0.25) is 0 Å². The zero-order chi connectivity index (χ0) is 12.5. The Kier molecular flexibility index (Phi) is 7.53. The first-order chi connectivity index (χ1) is 8.26. The smallest absolute Gasteiger partial charge is 0.166 e. The summed E-state index contributed by atoms with van der Waals surface area (Å²) in [6.45, 7) is 3.97. The van der Waals surface area contributed by atoms with E-state index in [9.17, 15) is 0 Å². The van der Waals surface area contributed by atoms with E-state index < -0.39 is 0 Å². The van der Waals surface area contributed by atoms with Gasteiger partial charge in [0.15, 0.2) is 5.11 Å². The second kappa shape index (κ2) is 8.70. The molecule has 0 aromatic rings. The van der Waals surface area contributed by atoms with Crippen molar-refractivity contribution in [2.24, 2.45) is 5.92 Å². The topological polar surface area (TPSA) is 33.3 Å². The van der Waals surface area contributed by atoms with Crippen LogP contribution in [0.25, 0.3) is 0 Å². The van der Waals surface area contributed by atoms with Crippen LogP contribution in [-0.2, 0) is 4.74 Å². The summed E-state index contributed by atoms with van der Waals surface area (Å²) >= 11 is 5.30. The Hall–Kier alpha value is -0.350. The summed E-state index contributed by atoms with van der Waals surface area (Å²) in [6, 6.07) is 0.580. The first kappa shape index (κ1) is 14.7. The van der Waals surface area contributed by atoms with Gasteiger partial charge in [-0.05, 0) is 37.4 Å². The first-order valence-electron chi connectivity index (χ1n) is 6.79. The lowest BCUT2D eigenvalue weighted by atomic mass is 9.84. The molecule has 0 aromatic carbocycles. The first-order valence-corrected chi connectivity index (χ1v) is 7.20. The van der Waals surface area contributed by atoms with E-state index in [2.05, 4.69) is 17.6 Å². The molecule has 3 nitrogen and oxygen atoms in total. The van der Waals surface area contributed by atoms with Crippen molar-refractivity contribution >= 4 is 17.3 Å². The lowest BCUT2D eigenvalue weighted by Gasteiger charge is -2.30. The summed E-state index contributed by atoms with van der Waals surface area (Å²) in [5.74, 6) is 0.887. The molecule has 0 saturated heterocycles. The van der Waals surface area contributed by atoms with Crippen molar-refractivity contribution in [3.8, 4) is 0 Å². The fourth-order valence-corrected chi connectivity index (χ4v) is 2.72. The number of thiocarbonyl (C=S) groups is 1. The summed E-state index contributed by atoms with van der Waals surface area (Å²) < 4.78 is 5.00. The molecule has 0 spiro atoms. The lowest BCUT2D eigenvalue weighted by Crippen LogP contribution is -2.44. The summed E-state index contributed by atoms with van der Waals surface area (Å²) in [5.41, 5.74) is 0. The Morgan fingerprint density at radius 1 is 1.41 bits per heavy atom. The van der Waals surface area contributed by atoms with E-state index in [-0.39, 0.29) is 0 Å². The van der Waals surface area contributed by atoms with Crippen molar-refractivity contribution in [3.05, 3.63) is 0 Å². The molecule has 1 aliphatic carbocycles. The van der Waals surface area contributed by atoms with Gasteiger partial charge < -0.3 is 15.4 Å². The molecule has 0 aliphatic heterocycles. The van der Waals surface area contributed by atoms with Gasteiger partial charge in [-0.3, -0.25) is 0 Å². The Labute approximate surface area is 111 Å². The third-order valence-electron chi connectivity index (χ3n) is 3.51. The molecule has 1 fully saturated rings. The quantitative estimate of drug-likeness (QED) is 0.566. The SMILES string of the molecule is CCC1CCCC(NC(=S)NCCCOC)C1. The van der Waals surface area contributed by atoms with Crippen LogP contribution in [0.15, 0.2) is 0 Å². The largest absolute Gasteiger partial charge is 0.385 e. The Morgan fingerprint density at radius 3 is 2.94 bits per heavy atom. The highest BCUT2D eigenvalue weighted by atomic mass is 32.1. The van der Waals surface area contributed by atoms with Crippen LogP contribution in [0.3, 0.4) is 0 Å². The molecule has 0 aromatic heterocycles. The van der Waals surface area contributed by atoms with E-state index in [1.54, 1.807) is 7.11 Å². The molecule has 2 N–H and O–H groups in total. The number of ether oxygens (including phenoxy) is 1. The standard InChI is InChI=1S/C13H26N2OS/c1-3-11-6-4-7-12(10-11)15-13(17)14-8-5-9-16-2/h11-12H,3-10H2,1-2H3,(H2,14,15,17). The van der Waals surface area contributed by atoms with E-state index in [0.29, 0.717) is 6.04 Å². The number of rotatable bonds is 6. The van der Waals surface area contributed by atoms with E-state index in [4.69, 9.17) is 17.0 Å². The van der Waals surface area contributed by atoms with Gasteiger partial charge in [0.25, 0.3) is 0 Å². The van der Waals surface area contributed by atoms with Gasteiger partial charge in [-0.2, -0.15) is 0 Å². The van der Waals surface area contributed by atoms with Crippen molar-refractivity contribution in [1.82, 2.24) is 10.6 Å². The second-order valence-corrected chi connectivity index (χ2v) is 5.29. The van der Waals surface area contributed by atoms with Crippen LogP contribution in [-0.4, -0.2) is 31.4 Å². The van der Waals surface area contributed by atoms with Crippen LogP contribution in [0.1, 0.15) is 45.4 Å². The van der Waals surface area contributed by atoms with Gasteiger partial charge in [0, 0.05) is 26.3 Å². The summed E-state index contributed by atoms with van der Waals surface area (Å²) in [6.07, 6.45) is 7.56. The summed E-state index contributed by atoms with van der Waals surface area (Å²) in [7, 11) is 1.73. The van der Waals surface area contributed by atoms with Crippen molar-refractivity contribution in [2.75, 3.05) is 20.3 Å². The fraction of sp³-hybridized carbons (Fsp3) is 0.923. The molecule has 1 aliphatic rings. The number of methoxy groups -OCH3 is 1. The number of hydrogen-bond acceptors (Lipinski definition) is 2. The summed E-state index contributed by atoms with van der Waals surface area (Å²) in [4.78, 5) is 0. The Balaban J connectivity index is 2.12. The molecule has 0 heterocycles. The monoisotopic (exact) mass is 258 g/mol. The van der Waals surface area contributed by atoms with Crippen molar-refractivity contribution < 1.29 is 4.74 Å². The third-order valence-corrected chi connectivity index (χ3v) is 3.77. The molecular weight excluding hydrogens is 232 g/mol. The third kappa shape index (κ3) is 6.22. The molecule has 1 saturated carbocycles. The molecule has 1 rings (SSSR count). The molecular formula is C13H26N2OS. The van der Waals surface area contributed by atoms with E-state index in [1.165, 1.54) is 32.1 Å². The lowest BCUT2D eigenvalue weighted by molar-refractivity contribution is 0.195. The fourth-order valence-electron chi connectivity index (χ4n) is 2.45. The van der Waals surface area contributed by atoms with Crippen LogP contribution in [0, 0.1) is 5.92 Å². The maximum Gasteiger partial charge on any atom is 0.166 e. The van der Waals surface area contributed by atoms with Gasteiger partial charge in [0.1, 0.15) is 0 Å². The average Bonchev–Trinajstić information content (AvgIpc) is 2.35. The molecule has 0 radical (unpaired) electrons. The maximum absolute atomic E-state index is 5.30. The Morgan fingerprint density at radius 2 is 2.24 bits per heavy atom. The highest BCUT2D eigenvalue weighted by Gasteiger charge is 2.20. The molecule has 0 amide bonds. The van der Waals surface area contributed by atoms with Crippen LogP contribution >= 0.6 is 12.2 Å². The van der Waals surface area contributed by atoms with Crippen LogP contribution < -0.4 is 10.6 Å². The van der Waals surface area contributed by atoms with Gasteiger partial charge in [-0.15, -0.1) is 0 Å². The molecule has 4 heteroatoms. The number of hydrogen-bond donors (Lipinski definition) is 2.